The highest BCUT2D eigenvalue weighted by atomic mass is 16.7. The van der Waals surface area contributed by atoms with Crippen LogP contribution in [0, 0.1) is 17.8 Å². The Balaban J connectivity index is 1.64. The van der Waals surface area contributed by atoms with E-state index in [0.717, 1.165) is 38.5 Å². The molecule has 4 unspecified atom stereocenters. The highest BCUT2D eigenvalue weighted by molar-refractivity contribution is 5.82. The Morgan fingerprint density at radius 1 is 1.00 bits per heavy atom. The first-order valence-corrected chi connectivity index (χ1v) is 14.5. The maximum Gasteiger partial charge on any atom is 0.312 e. The molecule has 1 aromatic carbocycles. The van der Waals surface area contributed by atoms with Crippen LogP contribution in [0.15, 0.2) is 61.2 Å². The van der Waals surface area contributed by atoms with E-state index in [9.17, 15) is 14.7 Å². The summed E-state index contributed by atoms with van der Waals surface area (Å²) in [6.45, 7) is 5.59. The molecule has 0 saturated heterocycles. The van der Waals surface area contributed by atoms with Crippen molar-refractivity contribution in [3.05, 3.63) is 66.8 Å². The number of carbonyl (C=O) groups is 2. The molecule has 1 aromatic rings. The van der Waals surface area contributed by atoms with E-state index < -0.39 is 30.1 Å². The molecule has 0 aromatic heterocycles. The van der Waals surface area contributed by atoms with Gasteiger partial charge < -0.3 is 19.3 Å². The number of carbonyl (C=O) groups excluding carboxylic acids is 2. The van der Waals surface area contributed by atoms with Gasteiger partial charge in [-0.05, 0) is 81.4 Å². The molecule has 1 fully saturated rings. The minimum atomic E-state index is -1.40. The fourth-order valence-corrected chi connectivity index (χ4v) is 4.99. The molecule has 1 N–H and O–H groups in total. The minimum Gasteiger partial charge on any atom is -0.487 e. The molecule has 0 amide bonds. The van der Waals surface area contributed by atoms with Crippen LogP contribution in [0.25, 0.3) is 0 Å². The Morgan fingerprint density at radius 2 is 1.74 bits per heavy atom. The molecule has 1 aliphatic rings. The van der Waals surface area contributed by atoms with Gasteiger partial charge in [0, 0.05) is 0 Å². The number of methoxy groups -OCH3 is 1. The number of ether oxygens (including phenoxy) is 3. The standard InChI is InChI=1S/C33H48O6/c1-4-5-6-7-8-9-10-11-12-13-14-15-16-18-27-19-17-20-28(24-27)38-25-31(34)39-33(36)30-23-26(2)21-22-29(30)32(35)37-3/h4,6-7,9-10,17,19-20,24,26,29-31,34H,1,5,8,11-16,18,21-23,25H2,2-3H3. The van der Waals surface area contributed by atoms with E-state index in [1.807, 2.05) is 31.2 Å². The summed E-state index contributed by atoms with van der Waals surface area (Å²) in [5.74, 6) is -1.17. The topological polar surface area (TPSA) is 82.1 Å². The number of aryl methyl sites for hydroxylation is 1. The first kappa shape index (κ1) is 32.4. The van der Waals surface area contributed by atoms with Crippen molar-refractivity contribution >= 4 is 11.9 Å². The lowest BCUT2D eigenvalue weighted by molar-refractivity contribution is -0.184. The van der Waals surface area contributed by atoms with Crippen LogP contribution in [0.1, 0.15) is 83.1 Å². The average molecular weight is 541 g/mol. The van der Waals surface area contributed by atoms with Gasteiger partial charge in [0.25, 0.3) is 0 Å². The van der Waals surface area contributed by atoms with Gasteiger partial charge in [0.1, 0.15) is 5.75 Å². The molecule has 0 bridgehead atoms. The molecule has 216 valence electrons. The van der Waals surface area contributed by atoms with Crippen LogP contribution < -0.4 is 4.74 Å². The van der Waals surface area contributed by atoms with Gasteiger partial charge in [0.05, 0.1) is 18.9 Å². The van der Waals surface area contributed by atoms with E-state index in [1.165, 1.54) is 38.4 Å². The Bertz CT molecular complexity index is 921. The zero-order chi connectivity index (χ0) is 28.3. The summed E-state index contributed by atoms with van der Waals surface area (Å²) in [5, 5.41) is 10.3. The molecule has 4 atom stereocenters. The fraction of sp³-hybridized carbons (Fsp3) is 0.576. The van der Waals surface area contributed by atoms with Crippen molar-refractivity contribution < 1.29 is 28.9 Å². The lowest BCUT2D eigenvalue weighted by Gasteiger charge is -2.31. The van der Waals surface area contributed by atoms with E-state index in [2.05, 4.69) is 36.9 Å². The number of rotatable bonds is 18. The maximum atomic E-state index is 12.7. The molecule has 0 aliphatic heterocycles. The van der Waals surface area contributed by atoms with Gasteiger partial charge in [0.2, 0.25) is 6.29 Å². The second kappa shape index (κ2) is 19.2. The third kappa shape index (κ3) is 13.2. The SMILES string of the molecule is C=CCC=CCC=CCCCCCCCc1cccc(OCC(O)OC(=O)C2CC(C)CCC2C(=O)OC)c1. The number of allylic oxidation sites excluding steroid dienone is 5. The Kier molecular flexibility index (Phi) is 16.0. The van der Waals surface area contributed by atoms with Crippen LogP contribution in [0.3, 0.4) is 0 Å². The number of esters is 2. The van der Waals surface area contributed by atoms with Crippen LogP contribution >= 0.6 is 0 Å². The zero-order valence-corrected chi connectivity index (χ0v) is 23.9. The molecule has 6 nitrogen and oxygen atoms in total. The summed E-state index contributed by atoms with van der Waals surface area (Å²) in [6, 6.07) is 7.82. The molecular formula is C33H48O6. The van der Waals surface area contributed by atoms with Gasteiger partial charge >= 0.3 is 11.9 Å². The van der Waals surface area contributed by atoms with E-state index in [0.29, 0.717) is 24.5 Å². The number of aliphatic hydroxyl groups is 1. The fourth-order valence-electron chi connectivity index (χ4n) is 4.99. The lowest BCUT2D eigenvalue weighted by atomic mass is 9.74. The first-order valence-electron chi connectivity index (χ1n) is 14.5. The van der Waals surface area contributed by atoms with Crippen molar-refractivity contribution in [1.82, 2.24) is 0 Å². The molecule has 0 spiro atoms. The summed E-state index contributed by atoms with van der Waals surface area (Å²) in [4.78, 5) is 24.8. The predicted molar refractivity (Wildman–Crippen MR) is 155 cm³/mol. The van der Waals surface area contributed by atoms with E-state index >= 15 is 0 Å². The van der Waals surface area contributed by atoms with Crippen LogP contribution in [-0.4, -0.2) is 37.1 Å². The van der Waals surface area contributed by atoms with E-state index in [1.54, 1.807) is 0 Å². The maximum absolute atomic E-state index is 12.7. The van der Waals surface area contributed by atoms with Crippen molar-refractivity contribution in [3.63, 3.8) is 0 Å². The number of hydrogen-bond acceptors (Lipinski definition) is 6. The van der Waals surface area contributed by atoms with Gasteiger partial charge in [0.15, 0.2) is 6.61 Å². The second-order valence-corrected chi connectivity index (χ2v) is 10.5. The summed E-state index contributed by atoms with van der Waals surface area (Å²) < 4.78 is 15.8. The van der Waals surface area contributed by atoms with Crippen LogP contribution in [-0.2, 0) is 25.5 Å². The molecule has 2 rings (SSSR count). The van der Waals surface area contributed by atoms with E-state index in [-0.39, 0.29) is 6.61 Å². The third-order valence-electron chi connectivity index (χ3n) is 7.21. The summed E-state index contributed by atoms with van der Waals surface area (Å²) in [5.41, 5.74) is 1.18. The third-order valence-corrected chi connectivity index (χ3v) is 7.21. The van der Waals surface area contributed by atoms with Crippen molar-refractivity contribution in [2.45, 2.75) is 90.3 Å². The Hall–Kier alpha value is -2.86. The minimum absolute atomic E-state index is 0.167. The first-order chi connectivity index (χ1) is 18.9. The molecule has 0 heterocycles. The van der Waals surface area contributed by atoms with Gasteiger partial charge in [-0.2, -0.15) is 0 Å². The lowest BCUT2D eigenvalue weighted by Crippen LogP contribution is -2.39. The predicted octanol–water partition coefficient (Wildman–Crippen LogP) is 7.11. The molecular weight excluding hydrogens is 492 g/mol. The van der Waals surface area contributed by atoms with Crippen molar-refractivity contribution in [2.75, 3.05) is 13.7 Å². The molecule has 1 saturated carbocycles. The molecule has 6 heteroatoms. The van der Waals surface area contributed by atoms with Crippen LogP contribution in [0.4, 0.5) is 0 Å². The Morgan fingerprint density at radius 3 is 2.54 bits per heavy atom. The van der Waals surface area contributed by atoms with Crippen molar-refractivity contribution in [3.8, 4) is 5.75 Å². The monoisotopic (exact) mass is 540 g/mol. The largest absolute Gasteiger partial charge is 0.487 e. The van der Waals surface area contributed by atoms with Gasteiger partial charge in [-0.15, -0.1) is 6.58 Å². The van der Waals surface area contributed by atoms with Crippen LogP contribution in [0.2, 0.25) is 0 Å². The average Bonchev–Trinajstić information content (AvgIpc) is 2.94. The highest BCUT2D eigenvalue weighted by Gasteiger charge is 2.40. The summed E-state index contributed by atoms with van der Waals surface area (Å²) >= 11 is 0. The van der Waals surface area contributed by atoms with Crippen molar-refractivity contribution in [2.24, 2.45) is 17.8 Å². The molecule has 0 radical (unpaired) electrons. The molecule has 39 heavy (non-hydrogen) atoms. The number of aliphatic hydroxyl groups excluding tert-OH is 1. The smallest absolute Gasteiger partial charge is 0.312 e. The van der Waals surface area contributed by atoms with Gasteiger partial charge in [-0.3, -0.25) is 9.59 Å². The second-order valence-electron chi connectivity index (χ2n) is 10.5. The van der Waals surface area contributed by atoms with Gasteiger partial charge in [-0.25, -0.2) is 0 Å². The number of hydrogen-bond donors (Lipinski definition) is 1. The summed E-state index contributed by atoms with van der Waals surface area (Å²) in [6.07, 6.45) is 21.4. The quantitative estimate of drug-likeness (QED) is 0.0924. The van der Waals surface area contributed by atoms with Gasteiger partial charge in [-0.1, -0.05) is 68.7 Å². The Labute approximate surface area is 235 Å². The summed E-state index contributed by atoms with van der Waals surface area (Å²) in [7, 11) is 1.33. The van der Waals surface area contributed by atoms with E-state index in [4.69, 9.17) is 14.2 Å². The number of benzene rings is 1. The normalized spacial score (nSPS) is 20.1. The molecule has 1 aliphatic carbocycles. The zero-order valence-electron chi connectivity index (χ0n) is 23.9. The van der Waals surface area contributed by atoms with Crippen molar-refractivity contribution in [1.29, 1.82) is 0 Å². The number of unbranched alkanes of at least 4 members (excludes halogenated alkanes) is 5. The van der Waals surface area contributed by atoms with Crippen LogP contribution in [0.5, 0.6) is 5.75 Å². The highest BCUT2D eigenvalue weighted by Crippen LogP contribution is 2.35.